The van der Waals surface area contributed by atoms with Crippen LogP contribution in [0.5, 0.6) is 0 Å². The third kappa shape index (κ3) is 8.20. The van der Waals surface area contributed by atoms with E-state index in [0.717, 1.165) is 6.42 Å². The molecule has 1 amide bonds. The van der Waals surface area contributed by atoms with Gasteiger partial charge in [-0.2, -0.15) is 0 Å². The van der Waals surface area contributed by atoms with Crippen LogP contribution in [0.3, 0.4) is 0 Å². The summed E-state index contributed by atoms with van der Waals surface area (Å²) in [5, 5.41) is 10.3. The van der Waals surface area contributed by atoms with Crippen molar-refractivity contribution in [3.8, 4) is 12.3 Å². The summed E-state index contributed by atoms with van der Waals surface area (Å²) in [5.74, 6) is 2.45. The molecule has 72 valence electrons. The zero-order valence-electron chi connectivity index (χ0n) is 7.08. The highest BCUT2D eigenvalue weighted by atomic mass is 16.7. The number of carbonyl (C=O) groups excluding carboxylic acids is 1. The van der Waals surface area contributed by atoms with Crippen molar-refractivity contribution in [1.29, 1.82) is 0 Å². The molecule has 13 heavy (non-hydrogen) atoms. The number of rotatable bonds is 4. The lowest BCUT2D eigenvalue weighted by molar-refractivity contribution is 0.109. The highest BCUT2D eigenvalue weighted by Crippen LogP contribution is 1.91. The van der Waals surface area contributed by atoms with Crippen molar-refractivity contribution < 1.29 is 19.4 Å². The Labute approximate surface area is 76.1 Å². The maximum absolute atomic E-state index is 10.5. The Hall–Kier alpha value is -1.70. The van der Waals surface area contributed by atoms with Crippen LogP contribution in [-0.4, -0.2) is 23.9 Å². The number of amides is 1. The van der Waals surface area contributed by atoms with Gasteiger partial charge in [-0.05, 0) is 12.8 Å². The number of unbranched alkanes of at least 4 members (excludes halogenated alkanes) is 2. The monoisotopic (exact) mass is 185 g/mol. The highest BCUT2D eigenvalue weighted by Gasteiger charge is 2.05. The number of hydrogen-bond donors (Lipinski definition) is 2. The summed E-state index contributed by atoms with van der Waals surface area (Å²) in [6.07, 6.45) is 4.59. The molecule has 0 unspecified atom stereocenters. The quantitative estimate of drug-likeness (QED) is 0.298. The molecule has 0 aliphatic heterocycles. The fraction of sp³-hybridized carbons (Fsp3) is 0.500. The third-order valence-electron chi connectivity index (χ3n) is 1.20. The molecule has 0 aromatic rings. The van der Waals surface area contributed by atoms with Gasteiger partial charge in [-0.1, -0.05) is 0 Å². The van der Waals surface area contributed by atoms with Gasteiger partial charge in [0.05, 0.1) is 0 Å². The Kier molecular flexibility index (Phi) is 6.06. The van der Waals surface area contributed by atoms with E-state index < -0.39 is 12.2 Å². The second kappa shape index (κ2) is 6.98. The summed E-state index contributed by atoms with van der Waals surface area (Å²) in [7, 11) is 0. The lowest BCUT2D eigenvalue weighted by Gasteiger charge is -2.01. The van der Waals surface area contributed by atoms with Crippen molar-refractivity contribution in [1.82, 2.24) is 5.32 Å². The summed E-state index contributed by atoms with van der Waals surface area (Å²) in [4.78, 5) is 20.4. The average molecular weight is 185 g/mol. The minimum absolute atomic E-state index is 0.369. The van der Waals surface area contributed by atoms with E-state index in [9.17, 15) is 9.59 Å². The van der Waals surface area contributed by atoms with Crippen molar-refractivity contribution >= 4 is 12.2 Å². The molecule has 0 rings (SSSR count). The minimum Gasteiger partial charge on any atom is -0.449 e. The predicted octanol–water partition coefficient (Wildman–Crippen LogP) is 1.19. The number of terminal acetylenes is 1. The van der Waals surface area contributed by atoms with Gasteiger partial charge in [0, 0.05) is 13.0 Å². The number of nitrogens with one attached hydrogen (secondary N) is 1. The van der Waals surface area contributed by atoms with Gasteiger partial charge in [0.1, 0.15) is 0 Å². The van der Waals surface area contributed by atoms with Gasteiger partial charge in [0.15, 0.2) is 0 Å². The van der Waals surface area contributed by atoms with E-state index in [2.05, 4.69) is 16.0 Å². The molecule has 0 aromatic carbocycles. The van der Waals surface area contributed by atoms with Gasteiger partial charge in [-0.15, -0.1) is 12.3 Å². The first-order valence-electron chi connectivity index (χ1n) is 3.79. The molecule has 0 fully saturated rings. The third-order valence-corrected chi connectivity index (χ3v) is 1.20. The molecule has 0 radical (unpaired) electrons. The van der Waals surface area contributed by atoms with E-state index >= 15 is 0 Å². The van der Waals surface area contributed by atoms with E-state index in [1.165, 1.54) is 0 Å². The molecule has 5 heteroatoms. The molecule has 0 saturated carbocycles. The maximum atomic E-state index is 10.5. The number of ether oxygens (including phenoxy) is 1. The number of hydrogen-bond acceptors (Lipinski definition) is 3. The summed E-state index contributed by atoms with van der Waals surface area (Å²) < 4.78 is 3.78. The number of carboxylic acid groups (broad SMARTS) is 1. The standard InChI is InChI=1S/C8H11NO4/c1-2-3-4-5-6-9-7(10)13-8(11)12/h1H,3-6H2,(H,9,10)(H,11,12). The zero-order valence-corrected chi connectivity index (χ0v) is 7.08. The molecular formula is C8H11NO4. The minimum atomic E-state index is -1.61. The lowest BCUT2D eigenvalue weighted by atomic mass is 10.2. The molecule has 0 aliphatic rings. The number of carbonyl (C=O) groups is 2. The topological polar surface area (TPSA) is 75.6 Å². The molecule has 5 nitrogen and oxygen atoms in total. The van der Waals surface area contributed by atoms with E-state index in [0.29, 0.717) is 19.4 Å². The van der Waals surface area contributed by atoms with E-state index in [4.69, 9.17) is 11.5 Å². The molecule has 0 aromatic heterocycles. The smallest absolute Gasteiger partial charge is 0.449 e. The van der Waals surface area contributed by atoms with Gasteiger partial charge in [-0.25, -0.2) is 9.59 Å². The molecule has 0 bridgehead atoms. The molecule has 0 saturated heterocycles. The largest absolute Gasteiger partial charge is 0.514 e. The SMILES string of the molecule is C#CCCCCNC(=O)OC(=O)O. The van der Waals surface area contributed by atoms with Crippen LogP contribution in [0.1, 0.15) is 19.3 Å². The van der Waals surface area contributed by atoms with E-state index in [1.54, 1.807) is 0 Å². The van der Waals surface area contributed by atoms with Gasteiger partial charge in [-0.3, -0.25) is 0 Å². The first-order chi connectivity index (χ1) is 6.16. The Bertz CT molecular complexity index is 219. The van der Waals surface area contributed by atoms with Crippen LogP contribution in [0, 0.1) is 12.3 Å². The van der Waals surface area contributed by atoms with Crippen LogP contribution in [-0.2, 0) is 4.74 Å². The fourth-order valence-corrected chi connectivity index (χ4v) is 0.658. The van der Waals surface area contributed by atoms with E-state index in [1.807, 2.05) is 0 Å². The van der Waals surface area contributed by atoms with Gasteiger partial charge in [0.25, 0.3) is 0 Å². The molecule has 0 aliphatic carbocycles. The van der Waals surface area contributed by atoms with Crippen LogP contribution >= 0.6 is 0 Å². The summed E-state index contributed by atoms with van der Waals surface area (Å²) in [5.41, 5.74) is 0. The molecule has 2 N–H and O–H groups in total. The van der Waals surface area contributed by atoms with Crippen LogP contribution in [0.25, 0.3) is 0 Å². The second-order valence-corrected chi connectivity index (χ2v) is 2.24. The maximum Gasteiger partial charge on any atom is 0.514 e. The molecule has 0 atom stereocenters. The van der Waals surface area contributed by atoms with Crippen LogP contribution in [0.4, 0.5) is 9.59 Å². The van der Waals surface area contributed by atoms with Crippen molar-refractivity contribution in [3.05, 3.63) is 0 Å². The molecule has 0 heterocycles. The lowest BCUT2D eigenvalue weighted by Crippen LogP contribution is -2.27. The zero-order chi connectivity index (χ0) is 10.1. The average Bonchev–Trinajstić information content (AvgIpc) is 2.02. The Morgan fingerprint density at radius 3 is 2.69 bits per heavy atom. The van der Waals surface area contributed by atoms with Crippen LogP contribution in [0.2, 0.25) is 0 Å². The highest BCUT2D eigenvalue weighted by molar-refractivity contribution is 5.79. The van der Waals surface area contributed by atoms with Gasteiger partial charge < -0.3 is 15.2 Å². The number of alkyl carbamates (subject to hydrolysis) is 1. The predicted molar refractivity (Wildman–Crippen MR) is 45.2 cm³/mol. The summed E-state index contributed by atoms with van der Waals surface area (Å²) >= 11 is 0. The first kappa shape index (κ1) is 11.3. The first-order valence-corrected chi connectivity index (χ1v) is 3.79. The summed E-state index contributed by atoms with van der Waals surface area (Å²) in [6.45, 7) is 0.369. The second-order valence-electron chi connectivity index (χ2n) is 2.24. The Balaban J connectivity index is 3.28. The normalized spacial score (nSPS) is 8.54. The fourth-order valence-electron chi connectivity index (χ4n) is 0.658. The van der Waals surface area contributed by atoms with Crippen molar-refractivity contribution in [2.45, 2.75) is 19.3 Å². The van der Waals surface area contributed by atoms with Gasteiger partial charge in [0.2, 0.25) is 0 Å². The van der Waals surface area contributed by atoms with Gasteiger partial charge >= 0.3 is 12.2 Å². The van der Waals surface area contributed by atoms with Crippen molar-refractivity contribution in [2.75, 3.05) is 6.54 Å². The van der Waals surface area contributed by atoms with Crippen LogP contribution in [0.15, 0.2) is 0 Å². The Morgan fingerprint density at radius 1 is 1.46 bits per heavy atom. The Morgan fingerprint density at radius 2 is 2.15 bits per heavy atom. The van der Waals surface area contributed by atoms with Crippen molar-refractivity contribution in [2.24, 2.45) is 0 Å². The summed E-state index contributed by atoms with van der Waals surface area (Å²) in [6, 6.07) is 0. The molecule has 0 spiro atoms. The van der Waals surface area contributed by atoms with Crippen molar-refractivity contribution in [3.63, 3.8) is 0 Å². The molecular weight excluding hydrogens is 174 g/mol. The van der Waals surface area contributed by atoms with Crippen LogP contribution < -0.4 is 5.32 Å². The van der Waals surface area contributed by atoms with E-state index in [-0.39, 0.29) is 0 Å².